The molecule has 0 aromatic carbocycles. The number of hydrogen-bond acceptors (Lipinski definition) is 3. The number of amides is 2. The fraction of sp³-hybridized carbons (Fsp3) is 0.778. The molecule has 1 aliphatic rings. The number of carbonyl (C=O) groups is 2. The summed E-state index contributed by atoms with van der Waals surface area (Å²) in [7, 11) is 0. The van der Waals surface area contributed by atoms with Gasteiger partial charge in [-0.2, -0.15) is 0 Å². The van der Waals surface area contributed by atoms with Crippen molar-refractivity contribution in [2.24, 2.45) is 0 Å². The zero-order valence-electron chi connectivity index (χ0n) is 8.43. The first-order valence-corrected chi connectivity index (χ1v) is 4.99. The number of rotatable bonds is 6. The standard InChI is InChI=1S/C9H17N3O2/c1-2-10-5-8(13)11-6-9(14)12-7-3-4-7/h7,10H,2-6H2,1H3,(H,11,13)(H,12,14). The normalized spacial score (nSPS) is 14.9. The molecule has 0 heterocycles. The molecule has 0 aromatic rings. The van der Waals surface area contributed by atoms with Crippen LogP contribution in [0.4, 0.5) is 0 Å². The summed E-state index contributed by atoms with van der Waals surface area (Å²) in [6, 6.07) is 0.355. The van der Waals surface area contributed by atoms with Gasteiger partial charge in [0, 0.05) is 6.04 Å². The van der Waals surface area contributed by atoms with Gasteiger partial charge in [0.15, 0.2) is 0 Å². The van der Waals surface area contributed by atoms with Crippen molar-refractivity contribution in [2.75, 3.05) is 19.6 Å². The average molecular weight is 199 g/mol. The van der Waals surface area contributed by atoms with E-state index in [1.807, 2.05) is 6.92 Å². The van der Waals surface area contributed by atoms with Crippen molar-refractivity contribution >= 4 is 11.8 Å². The Bertz CT molecular complexity index is 214. The van der Waals surface area contributed by atoms with Gasteiger partial charge in [-0.05, 0) is 19.4 Å². The van der Waals surface area contributed by atoms with E-state index in [9.17, 15) is 9.59 Å². The minimum atomic E-state index is -0.141. The predicted octanol–water partition coefficient (Wildman–Crippen LogP) is -1.01. The first kappa shape index (κ1) is 11.0. The monoisotopic (exact) mass is 199 g/mol. The summed E-state index contributed by atoms with van der Waals surface area (Å²) < 4.78 is 0. The van der Waals surface area contributed by atoms with E-state index in [1.165, 1.54) is 0 Å². The molecule has 0 unspecified atom stereocenters. The van der Waals surface area contributed by atoms with Crippen molar-refractivity contribution in [3.63, 3.8) is 0 Å². The van der Waals surface area contributed by atoms with Gasteiger partial charge in [-0.25, -0.2) is 0 Å². The van der Waals surface area contributed by atoms with Gasteiger partial charge in [0.2, 0.25) is 11.8 Å². The molecule has 0 aliphatic heterocycles. The van der Waals surface area contributed by atoms with Gasteiger partial charge in [0.1, 0.15) is 0 Å². The number of carbonyl (C=O) groups excluding carboxylic acids is 2. The van der Waals surface area contributed by atoms with Crippen molar-refractivity contribution < 1.29 is 9.59 Å². The third-order valence-electron chi connectivity index (χ3n) is 1.92. The van der Waals surface area contributed by atoms with Gasteiger partial charge in [-0.3, -0.25) is 9.59 Å². The molecule has 80 valence electrons. The third kappa shape index (κ3) is 4.81. The quantitative estimate of drug-likeness (QED) is 0.513. The Morgan fingerprint density at radius 3 is 2.50 bits per heavy atom. The maximum Gasteiger partial charge on any atom is 0.239 e. The molecule has 1 fully saturated rings. The summed E-state index contributed by atoms with van der Waals surface area (Å²) in [5.41, 5.74) is 0. The Labute approximate surface area is 83.6 Å². The van der Waals surface area contributed by atoms with Gasteiger partial charge in [0.25, 0.3) is 0 Å². The lowest BCUT2D eigenvalue weighted by Crippen LogP contribution is -2.41. The number of likely N-dealkylation sites (N-methyl/N-ethyl adjacent to an activating group) is 1. The highest BCUT2D eigenvalue weighted by molar-refractivity contribution is 5.85. The summed E-state index contributed by atoms with van der Waals surface area (Å²) in [5, 5.41) is 8.21. The lowest BCUT2D eigenvalue weighted by atomic mass is 10.5. The molecule has 1 rings (SSSR count). The highest BCUT2D eigenvalue weighted by Crippen LogP contribution is 2.17. The van der Waals surface area contributed by atoms with Crippen molar-refractivity contribution in [1.82, 2.24) is 16.0 Å². The van der Waals surface area contributed by atoms with Crippen LogP contribution in [-0.2, 0) is 9.59 Å². The van der Waals surface area contributed by atoms with E-state index in [0.29, 0.717) is 6.04 Å². The van der Waals surface area contributed by atoms with Crippen LogP contribution >= 0.6 is 0 Å². The fourth-order valence-corrected chi connectivity index (χ4v) is 0.986. The summed E-state index contributed by atoms with van der Waals surface area (Å²) >= 11 is 0. The second-order valence-electron chi connectivity index (χ2n) is 3.40. The molecule has 3 N–H and O–H groups in total. The molecule has 0 atom stereocenters. The van der Waals surface area contributed by atoms with E-state index in [0.717, 1.165) is 19.4 Å². The Hall–Kier alpha value is -1.10. The van der Waals surface area contributed by atoms with Crippen LogP contribution in [-0.4, -0.2) is 37.5 Å². The molecule has 0 aromatic heterocycles. The van der Waals surface area contributed by atoms with Crippen LogP contribution in [0.2, 0.25) is 0 Å². The van der Waals surface area contributed by atoms with Crippen molar-refractivity contribution in [3.8, 4) is 0 Å². The molecule has 0 spiro atoms. The van der Waals surface area contributed by atoms with Crippen LogP contribution in [0.3, 0.4) is 0 Å². The third-order valence-corrected chi connectivity index (χ3v) is 1.92. The van der Waals surface area contributed by atoms with Gasteiger partial charge in [-0.15, -0.1) is 0 Å². The molecule has 14 heavy (non-hydrogen) atoms. The van der Waals surface area contributed by atoms with Crippen LogP contribution in [0.1, 0.15) is 19.8 Å². The van der Waals surface area contributed by atoms with E-state index in [-0.39, 0.29) is 24.9 Å². The SMILES string of the molecule is CCNCC(=O)NCC(=O)NC1CC1. The summed E-state index contributed by atoms with van der Waals surface area (Å²) in [6.07, 6.45) is 2.13. The molecule has 0 saturated heterocycles. The lowest BCUT2D eigenvalue weighted by Gasteiger charge is -2.05. The first-order valence-electron chi connectivity index (χ1n) is 4.99. The molecule has 5 heteroatoms. The van der Waals surface area contributed by atoms with Crippen LogP contribution in [0.5, 0.6) is 0 Å². The van der Waals surface area contributed by atoms with Crippen LogP contribution < -0.4 is 16.0 Å². The lowest BCUT2D eigenvalue weighted by molar-refractivity contribution is -0.125. The number of hydrogen-bond donors (Lipinski definition) is 3. The Morgan fingerprint density at radius 2 is 1.93 bits per heavy atom. The molecule has 0 bridgehead atoms. The highest BCUT2D eigenvalue weighted by atomic mass is 16.2. The average Bonchev–Trinajstić information content (AvgIpc) is 2.95. The van der Waals surface area contributed by atoms with Crippen LogP contribution in [0, 0.1) is 0 Å². The zero-order chi connectivity index (χ0) is 10.4. The maximum atomic E-state index is 11.1. The van der Waals surface area contributed by atoms with Crippen molar-refractivity contribution in [2.45, 2.75) is 25.8 Å². The second kappa shape index (κ2) is 5.59. The minimum absolute atomic E-state index is 0.0841. The number of nitrogens with one attached hydrogen (secondary N) is 3. The Kier molecular flexibility index (Phi) is 4.39. The van der Waals surface area contributed by atoms with Crippen molar-refractivity contribution in [3.05, 3.63) is 0 Å². The molecule has 2 amide bonds. The maximum absolute atomic E-state index is 11.1. The summed E-state index contributed by atoms with van der Waals surface area (Å²) in [4.78, 5) is 22.2. The topological polar surface area (TPSA) is 70.2 Å². The van der Waals surface area contributed by atoms with Gasteiger partial charge < -0.3 is 16.0 Å². The first-order chi connectivity index (χ1) is 6.72. The Balaban J connectivity index is 2.00. The predicted molar refractivity (Wildman–Crippen MR) is 52.7 cm³/mol. The van der Waals surface area contributed by atoms with E-state index >= 15 is 0 Å². The Morgan fingerprint density at radius 1 is 1.21 bits per heavy atom. The highest BCUT2D eigenvalue weighted by Gasteiger charge is 2.22. The van der Waals surface area contributed by atoms with E-state index in [2.05, 4.69) is 16.0 Å². The minimum Gasteiger partial charge on any atom is -0.352 e. The smallest absolute Gasteiger partial charge is 0.239 e. The summed E-state index contributed by atoms with van der Waals surface area (Å²) in [6.45, 7) is 3.03. The molecular formula is C9H17N3O2. The molecular weight excluding hydrogens is 182 g/mol. The van der Waals surface area contributed by atoms with Gasteiger partial charge in [-0.1, -0.05) is 6.92 Å². The second-order valence-corrected chi connectivity index (χ2v) is 3.40. The van der Waals surface area contributed by atoms with E-state index in [1.54, 1.807) is 0 Å². The zero-order valence-corrected chi connectivity index (χ0v) is 8.43. The van der Waals surface area contributed by atoms with E-state index < -0.39 is 0 Å². The van der Waals surface area contributed by atoms with Crippen LogP contribution in [0.25, 0.3) is 0 Å². The van der Waals surface area contributed by atoms with Gasteiger partial charge >= 0.3 is 0 Å². The fourth-order valence-electron chi connectivity index (χ4n) is 0.986. The molecule has 1 aliphatic carbocycles. The van der Waals surface area contributed by atoms with Gasteiger partial charge in [0.05, 0.1) is 13.1 Å². The van der Waals surface area contributed by atoms with Crippen molar-refractivity contribution in [1.29, 1.82) is 0 Å². The molecule has 5 nitrogen and oxygen atoms in total. The molecule has 1 saturated carbocycles. The molecule has 0 radical (unpaired) electrons. The largest absolute Gasteiger partial charge is 0.352 e. The van der Waals surface area contributed by atoms with E-state index in [4.69, 9.17) is 0 Å². The van der Waals surface area contributed by atoms with Crippen LogP contribution in [0.15, 0.2) is 0 Å². The summed E-state index contributed by atoms with van der Waals surface area (Å²) in [5.74, 6) is -0.241.